The fourth-order valence-electron chi connectivity index (χ4n) is 1.20. The standard InChI is InChI=1S/C8H10F3N3O2S/c1-13-4-5(12)6(15)14(7(13)16)2-3-17-8(9,10)11/h4H,2-3,12H2,1H3. The number of alkyl halides is 3. The molecule has 0 saturated heterocycles. The molecule has 5 nitrogen and oxygen atoms in total. The van der Waals surface area contributed by atoms with Gasteiger partial charge in [-0.15, -0.1) is 0 Å². The van der Waals surface area contributed by atoms with Crippen LogP contribution in [0.2, 0.25) is 0 Å². The van der Waals surface area contributed by atoms with Gasteiger partial charge in [-0.05, 0) is 11.8 Å². The first kappa shape index (κ1) is 13.7. The topological polar surface area (TPSA) is 70.0 Å². The minimum atomic E-state index is -4.38. The molecule has 0 saturated carbocycles. The number of nitrogens with zero attached hydrogens (tertiary/aromatic N) is 2. The summed E-state index contributed by atoms with van der Waals surface area (Å²) in [6.45, 7) is -0.333. The second-order valence-corrected chi connectivity index (χ2v) is 4.39. The zero-order chi connectivity index (χ0) is 13.2. The molecule has 0 aliphatic heterocycles. The van der Waals surface area contributed by atoms with Gasteiger partial charge >= 0.3 is 11.2 Å². The van der Waals surface area contributed by atoms with E-state index in [1.165, 1.54) is 7.05 Å². The van der Waals surface area contributed by atoms with Crippen LogP contribution in [0, 0.1) is 0 Å². The molecule has 0 atom stereocenters. The van der Waals surface area contributed by atoms with Gasteiger partial charge in [0.05, 0.1) is 0 Å². The van der Waals surface area contributed by atoms with E-state index in [-0.39, 0.29) is 24.0 Å². The average Bonchev–Trinajstić information content (AvgIpc) is 2.19. The number of nitrogen functional groups attached to an aromatic ring is 1. The van der Waals surface area contributed by atoms with E-state index in [2.05, 4.69) is 0 Å². The van der Waals surface area contributed by atoms with Gasteiger partial charge in [0, 0.05) is 25.5 Å². The fraction of sp³-hybridized carbons (Fsp3) is 0.500. The van der Waals surface area contributed by atoms with E-state index in [9.17, 15) is 22.8 Å². The quantitative estimate of drug-likeness (QED) is 0.861. The zero-order valence-electron chi connectivity index (χ0n) is 8.82. The first-order valence-electron chi connectivity index (χ1n) is 4.49. The van der Waals surface area contributed by atoms with Crippen LogP contribution in [0.1, 0.15) is 0 Å². The van der Waals surface area contributed by atoms with Crippen molar-refractivity contribution in [1.29, 1.82) is 0 Å². The van der Waals surface area contributed by atoms with Crippen LogP contribution in [0.4, 0.5) is 18.9 Å². The number of nitrogens with two attached hydrogens (primary N) is 1. The maximum atomic E-state index is 11.9. The highest BCUT2D eigenvalue weighted by atomic mass is 32.2. The van der Waals surface area contributed by atoms with Crippen LogP contribution < -0.4 is 17.0 Å². The van der Waals surface area contributed by atoms with Gasteiger partial charge in [0.15, 0.2) is 0 Å². The normalized spacial score (nSPS) is 11.8. The van der Waals surface area contributed by atoms with Gasteiger partial charge in [0.25, 0.3) is 5.56 Å². The second-order valence-electron chi connectivity index (χ2n) is 3.23. The van der Waals surface area contributed by atoms with E-state index in [4.69, 9.17) is 5.73 Å². The lowest BCUT2D eigenvalue weighted by molar-refractivity contribution is -0.0328. The van der Waals surface area contributed by atoms with Crippen LogP contribution in [0.3, 0.4) is 0 Å². The Bertz CT molecular complexity index is 486. The van der Waals surface area contributed by atoms with Gasteiger partial charge in [-0.2, -0.15) is 13.2 Å². The Balaban J connectivity index is 2.92. The largest absolute Gasteiger partial charge is 0.441 e. The molecule has 0 aromatic carbocycles. The Morgan fingerprint density at radius 1 is 1.41 bits per heavy atom. The number of hydrogen-bond donors (Lipinski definition) is 1. The smallest absolute Gasteiger partial charge is 0.393 e. The lowest BCUT2D eigenvalue weighted by atomic mass is 10.5. The molecule has 1 aromatic heterocycles. The minimum absolute atomic E-state index is 0.177. The summed E-state index contributed by atoms with van der Waals surface area (Å²) in [5.74, 6) is -0.415. The number of aryl methyl sites for hydroxylation is 1. The van der Waals surface area contributed by atoms with Crippen molar-refractivity contribution >= 4 is 17.4 Å². The van der Waals surface area contributed by atoms with Crippen molar-refractivity contribution in [2.45, 2.75) is 12.1 Å². The van der Waals surface area contributed by atoms with Gasteiger partial charge < -0.3 is 10.3 Å². The van der Waals surface area contributed by atoms with Gasteiger partial charge in [0.2, 0.25) is 0 Å². The van der Waals surface area contributed by atoms with Crippen LogP contribution in [0.15, 0.2) is 15.8 Å². The van der Waals surface area contributed by atoms with Crippen molar-refractivity contribution in [2.24, 2.45) is 7.05 Å². The van der Waals surface area contributed by atoms with Gasteiger partial charge in [-0.3, -0.25) is 9.36 Å². The molecule has 0 bridgehead atoms. The van der Waals surface area contributed by atoms with Crippen molar-refractivity contribution in [2.75, 3.05) is 11.5 Å². The van der Waals surface area contributed by atoms with Gasteiger partial charge in [-0.1, -0.05) is 0 Å². The maximum absolute atomic E-state index is 11.9. The molecule has 96 valence electrons. The molecule has 0 aliphatic carbocycles. The number of thioether (sulfide) groups is 1. The molecular formula is C8H10F3N3O2S. The zero-order valence-corrected chi connectivity index (χ0v) is 9.64. The average molecular weight is 269 g/mol. The molecule has 2 N–H and O–H groups in total. The Morgan fingerprint density at radius 3 is 2.53 bits per heavy atom. The van der Waals surface area contributed by atoms with Crippen LogP contribution in [-0.2, 0) is 13.6 Å². The van der Waals surface area contributed by atoms with Gasteiger partial charge in [0.1, 0.15) is 5.69 Å². The first-order chi connectivity index (χ1) is 7.72. The summed E-state index contributed by atoms with van der Waals surface area (Å²) < 4.78 is 37.4. The molecule has 0 unspecified atom stereocenters. The molecule has 0 amide bonds. The van der Waals surface area contributed by atoms with Crippen molar-refractivity contribution < 1.29 is 13.2 Å². The predicted molar refractivity (Wildman–Crippen MR) is 58.9 cm³/mol. The molecule has 17 heavy (non-hydrogen) atoms. The van der Waals surface area contributed by atoms with E-state index < -0.39 is 22.5 Å². The fourth-order valence-corrected chi connectivity index (χ4v) is 1.71. The Kier molecular flexibility index (Phi) is 3.91. The third kappa shape index (κ3) is 3.55. The highest BCUT2D eigenvalue weighted by molar-refractivity contribution is 8.00. The van der Waals surface area contributed by atoms with E-state index in [1.807, 2.05) is 0 Å². The van der Waals surface area contributed by atoms with Crippen LogP contribution in [0.25, 0.3) is 0 Å². The van der Waals surface area contributed by atoms with Crippen LogP contribution >= 0.6 is 11.8 Å². The molecule has 0 radical (unpaired) electrons. The summed E-state index contributed by atoms with van der Waals surface area (Å²) in [6.07, 6.45) is 1.14. The maximum Gasteiger partial charge on any atom is 0.441 e. The minimum Gasteiger partial charge on any atom is -0.393 e. The molecule has 0 aliphatic rings. The SMILES string of the molecule is Cn1cc(N)c(=O)n(CCSC(F)(F)F)c1=O. The molecule has 0 spiro atoms. The van der Waals surface area contributed by atoms with Gasteiger partial charge in [-0.25, -0.2) is 4.79 Å². The van der Waals surface area contributed by atoms with Crippen molar-refractivity contribution in [3.63, 3.8) is 0 Å². The molecule has 1 aromatic rings. The monoisotopic (exact) mass is 269 g/mol. The molecule has 9 heteroatoms. The van der Waals surface area contributed by atoms with Crippen molar-refractivity contribution in [1.82, 2.24) is 9.13 Å². The van der Waals surface area contributed by atoms with E-state index >= 15 is 0 Å². The highest BCUT2D eigenvalue weighted by Gasteiger charge is 2.27. The van der Waals surface area contributed by atoms with E-state index in [1.54, 1.807) is 0 Å². The Labute approximate surface area is 98.0 Å². The summed E-state index contributed by atoms with van der Waals surface area (Å²) >= 11 is -0.291. The second kappa shape index (κ2) is 4.86. The summed E-state index contributed by atoms with van der Waals surface area (Å²) in [6, 6.07) is 0. The van der Waals surface area contributed by atoms with E-state index in [0.717, 1.165) is 10.8 Å². The molecule has 1 heterocycles. The third-order valence-electron chi connectivity index (χ3n) is 1.94. The highest BCUT2D eigenvalue weighted by Crippen LogP contribution is 2.29. The lowest BCUT2D eigenvalue weighted by Gasteiger charge is -2.09. The number of aromatic nitrogens is 2. The number of rotatable bonds is 3. The number of hydrogen-bond acceptors (Lipinski definition) is 4. The number of anilines is 1. The lowest BCUT2D eigenvalue weighted by Crippen LogP contribution is -2.40. The third-order valence-corrected chi connectivity index (χ3v) is 2.65. The van der Waals surface area contributed by atoms with E-state index in [0.29, 0.717) is 4.57 Å². The van der Waals surface area contributed by atoms with Crippen LogP contribution in [0.5, 0.6) is 0 Å². The Morgan fingerprint density at radius 2 is 2.00 bits per heavy atom. The first-order valence-corrected chi connectivity index (χ1v) is 5.47. The predicted octanol–water partition coefficient (Wildman–Crippen LogP) is 0.382. The summed E-state index contributed by atoms with van der Waals surface area (Å²) in [5, 5.41) is 0. The Hall–Kier alpha value is -1.38. The molecule has 0 fully saturated rings. The summed E-state index contributed by atoms with van der Waals surface area (Å²) in [4.78, 5) is 22.9. The van der Waals surface area contributed by atoms with Crippen LogP contribution in [-0.4, -0.2) is 20.4 Å². The summed E-state index contributed by atoms with van der Waals surface area (Å²) in [5.41, 5.74) is -0.686. The van der Waals surface area contributed by atoms with Crippen molar-refractivity contribution in [3.8, 4) is 0 Å². The molecular weight excluding hydrogens is 259 g/mol. The summed E-state index contributed by atoms with van der Waals surface area (Å²) in [7, 11) is 1.37. The molecule has 1 rings (SSSR count). The van der Waals surface area contributed by atoms with Crippen molar-refractivity contribution in [3.05, 3.63) is 27.0 Å². The number of halogens is 3.